The Bertz CT molecular complexity index is 868. The van der Waals surface area contributed by atoms with Gasteiger partial charge < -0.3 is 10.6 Å². The van der Waals surface area contributed by atoms with E-state index >= 15 is 0 Å². The predicted octanol–water partition coefficient (Wildman–Crippen LogP) is 2.62. The standard InChI is InChI=1S/C23H27N3O2/c24-22(27)19-7-5-17(6-8-19)16-25-11-13-26(14-12-25)23(28)21-10-9-18-3-1-2-4-20(18)15-21/h5-10,15H,1-4,11-14,16H2,(H2,24,27). The van der Waals surface area contributed by atoms with Crippen LogP contribution in [0.2, 0.25) is 0 Å². The van der Waals surface area contributed by atoms with Gasteiger partial charge in [-0.1, -0.05) is 18.2 Å². The van der Waals surface area contributed by atoms with Gasteiger partial charge >= 0.3 is 0 Å². The lowest BCUT2D eigenvalue weighted by molar-refractivity contribution is 0.0628. The largest absolute Gasteiger partial charge is 0.366 e. The first-order valence-corrected chi connectivity index (χ1v) is 10.1. The van der Waals surface area contributed by atoms with E-state index < -0.39 is 5.91 Å². The molecule has 5 heteroatoms. The van der Waals surface area contributed by atoms with Crippen molar-refractivity contribution < 1.29 is 9.59 Å². The number of hydrogen-bond donors (Lipinski definition) is 1. The Labute approximate surface area is 166 Å². The summed E-state index contributed by atoms with van der Waals surface area (Å²) in [5, 5.41) is 0. The monoisotopic (exact) mass is 377 g/mol. The number of amides is 2. The van der Waals surface area contributed by atoms with Gasteiger partial charge in [-0.15, -0.1) is 0 Å². The van der Waals surface area contributed by atoms with E-state index in [1.165, 1.54) is 24.0 Å². The fourth-order valence-corrected chi connectivity index (χ4v) is 4.19. The minimum absolute atomic E-state index is 0.152. The van der Waals surface area contributed by atoms with Gasteiger partial charge in [0.05, 0.1) is 0 Å². The summed E-state index contributed by atoms with van der Waals surface area (Å²) in [7, 11) is 0. The number of aryl methyl sites for hydroxylation is 2. The van der Waals surface area contributed by atoms with Crippen molar-refractivity contribution in [2.75, 3.05) is 26.2 Å². The van der Waals surface area contributed by atoms with Gasteiger partial charge in [-0.05, 0) is 66.6 Å². The molecule has 1 saturated heterocycles. The average Bonchev–Trinajstić information content (AvgIpc) is 2.74. The maximum Gasteiger partial charge on any atom is 0.253 e. The van der Waals surface area contributed by atoms with Crippen LogP contribution in [0.15, 0.2) is 42.5 Å². The smallest absolute Gasteiger partial charge is 0.253 e. The average molecular weight is 377 g/mol. The number of hydrogen-bond acceptors (Lipinski definition) is 3. The predicted molar refractivity (Wildman–Crippen MR) is 109 cm³/mol. The number of piperazine rings is 1. The third-order valence-corrected chi connectivity index (χ3v) is 5.90. The van der Waals surface area contributed by atoms with Crippen molar-refractivity contribution in [3.63, 3.8) is 0 Å². The second-order valence-corrected chi connectivity index (χ2v) is 7.82. The van der Waals surface area contributed by atoms with Crippen LogP contribution in [0.4, 0.5) is 0 Å². The number of benzene rings is 2. The summed E-state index contributed by atoms with van der Waals surface area (Å²) in [5.41, 5.74) is 10.6. The minimum Gasteiger partial charge on any atom is -0.366 e. The van der Waals surface area contributed by atoms with Crippen molar-refractivity contribution in [3.05, 3.63) is 70.3 Å². The van der Waals surface area contributed by atoms with Crippen molar-refractivity contribution in [3.8, 4) is 0 Å². The molecule has 2 amide bonds. The molecule has 1 aliphatic carbocycles. The van der Waals surface area contributed by atoms with E-state index in [2.05, 4.69) is 17.0 Å². The van der Waals surface area contributed by atoms with E-state index in [-0.39, 0.29) is 5.91 Å². The first-order valence-electron chi connectivity index (χ1n) is 10.1. The Hall–Kier alpha value is -2.66. The molecule has 4 rings (SSSR count). The van der Waals surface area contributed by atoms with Crippen molar-refractivity contribution >= 4 is 11.8 Å². The minimum atomic E-state index is -0.402. The SMILES string of the molecule is NC(=O)c1ccc(CN2CCN(C(=O)c3ccc4c(c3)CCCC4)CC2)cc1. The van der Waals surface area contributed by atoms with Crippen LogP contribution in [0.5, 0.6) is 0 Å². The number of fused-ring (bicyclic) bond motifs is 1. The molecule has 0 aromatic heterocycles. The molecular weight excluding hydrogens is 350 g/mol. The molecular formula is C23H27N3O2. The molecule has 0 atom stereocenters. The van der Waals surface area contributed by atoms with Gasteiger partial charge in [0.1, 0.15) is 0 Å². The molecule has 0 radical (unpaired) electrons. The summed E-state index contributed by atoms with van der Waals surface area (Å²) in [5.74, 6) is -0.250. The fourth-order valence-electron chi connectivity index (χ4n) is 4.19. The second-order valence-electron chi connectivity index (χ2n) is 7.82. The topological polar surface area (TPSA) is 66.6 Å². The molecule has 5 nitrogen and oxygen atoms in total. The first kappa shape index (κ1) is 18.7. The highest BCUT2D eigenvalue weighted by Gasteiger charge is 2.23. The van der Waals surface area contributed by atoms with Crippen molar-refractivity contribution in [2.24, 2.45) is 5.73 Å². The van der Waals surface area contributed by atoms with E-state index in [1.807, 2.05) is 23.1 Å². The van der Waals surface area contributed by atoms with Crippen LogP contribution < -0.4 is 5.73 Å². The second kappa shape index (κ2) is 8.15. The normalized spacial score (nSPS) is 17.2. The molecule has 2 aromatic carbocycles. The Balaban J connectivity index is 1.33. The maximum atomic E-state index is 12.9. The first-order chi connectivity index (χ1) is 13.6. The molecule has 0 unspecified atom stereocenters. The number of carbonyl (C=O) groups is 2. The molecule has 1 heterocycles. The third kappa shape index (κ3) is 4.09. The van der Waals surface area contributed by atoms with Gasteiger partial charge in [-0.2, -0.15) is 0 Å². The molecule has 2 aliphatic rings. The summed E-state index contributed by atoms with van der Waals surface area (Å²) < 4.78 is 0. The number of rotatable bonds is 4. The van der Waals surface area contributed by atoms with Gasteiger partial charge in [-0.3, -0.25) is 14.5 Å². The van der Waals surface area contributed by atoms with Gasteiger partial charge in [0.2, 0.25) is 5.91 Å². The summed E-state index contributed by atoms with van der Waals surface area (Å²) in [6.45, 7) is 4.02. The van der Waals surface area contributed by atoms with E-state index in [1.54, 1.807) is 12.1 Å². The zero-order valence-corrected chi connectivity index (χ0v) is 16.2. The zero-order chi connectivity index (χ0) is 19.5. The van der Waals surface area contributed by atoms with Gasteiger partial charge in [0, 0.05) is 43.9 Å². The number of nitrogens with zero attached hydrogens (tertiary/aromatic N) is 2. The zero-order valence-electron chi connectivity index (χ0n) is 16.2. The van der Waals surface area contributed by atoms with E-state index in [9.17, 15) is 9.59 Å². The Morgan fingerprint density at radius 2 is 1.46 bits per heavy atom. The van der Waals surface area contributed by atoms with Crippen molar-refractivity contribution in [1.29, 1.82) is 0 Å². The Morgan fingerprint density at radius 1 is 0.821 bits per heavy atom. The maximum absolute atomic E-state index is 12.9. The molecule has 2 N–H and O–H groups in total. The number of carbonyl (C=O) groups excluding carboxylic acids is 2. The van der Waals surface area contributed by atoms with Crippen LogP contribution >= 0.6 is 0 Å². The quantitative estimate of drug-likeness (QED) is 0.891. The number of primary amides is 1. The molecule has 1 fully saturated rings. The molecule has 0 saturated carbocycles. The summed E-state index contributed by atoms with van der Waals surface area (Å²) in [6, 6.07) is 13.7. The van der Waals surface area contributed by atoms with Crippen molar-refractivity contribution in [2.45, 2.75) is 32.2 Å². The lowest BCUT2D eigenvalue weighted by atomic mass is 9.90. The van der Waals surface area contributed by atoms with E-state index in [0.717, 1.165) is 56.7 Å². The lowest BCUT2D eigenvalue weighted by Crippen LogP contribution is -2.48. The summed E-state index contributed by atoms with van der Waals surface area (Å²) in [4.78, 5) is 28.4. The fraction of sp³-hybridized carbons (Fsp3) is 0.391. The highest BCUT2D eigenvalue weighted by atomic mass is 16.2. The molecule has 0 bridgehead atoms. The molecule has 1 aliphatic heterocycles. The van der Waals surface area contributed by atoms with Gasteiger partial charge in [-0.25, -0.2) is 0 Å². The Morgan fingerprint density at radius 3 is 2.14 bits per heavy atom. The molecule has 2 aromatic rings. The Kier molecular flexibility index (Phi) is 5.44. The highest BCUT2D eigenvalue weighted by molar-refractivity contribution is 5.94. The molecule has 0 spiro atoms. The van der Waals surface area contributed by atoms with Crippen molar-refractivity contribution in [1.82, 2.24) is 9.80 Å². The van der Waals surface area contributed by atoms with Gasteiger partial charge in [0.15, 0.2) is 0 Å². The van der Waals surface area contributed by atoms with Gasteiger partial charge in [0.25, 0.3) is 5.91 Å². The lowest BCUT2D eigenvalue weighted by Gasteiger charge is -2.35. The van der Waals surface area contributed by atoms with Crippen LogP contribution in [-0.2, 0) is 19.4 Å². The van der Waals surface area contributed by atoms with Crippen LogP contribution in [0.3, 0.4) is 0 Å². The van der Waals surface area contributed by atoms with E-state index in [4.69, 9.17) is 5.73 Å². The molecule has 28 heavy (non-hydrogen) atoms. The van der Waals surface area contributed by atoms with E-state index in [0.29, 0.717) is 5.56 Å². The summed E-state index contributed by atoms with van der Waals surface area (Å²) >= 11 is 0. The van der Waals surface area contributed by atoms with Crippen LogP contribution in [0, 0.1) is 0 Å². The summed E-state index contributed by atoms with van der Waals surface area (Å²) in [6.07, 6.45) is 4.72. The highest BCUT2D eigenvalue weighted by Crippen LogP contribution is 2.23. The van der Waals surface area contributed by atoms with Crippen LogP contribution in [0.1, 0.15) is 50.2 Å². The third-order valence-electron chi connectivity index (χ3n) is 5.90. The van der Waals surface area contributed by atoms with Crippen LogP contribution in [0.25, 0.3) is 0 Å². The van der Waals surface area contributed by atoms with Crippen LogP contribution in [-0.4, -0.2) is 47.8 Å². The number of nitrogens with two attached hydrogens (primary N) is 1. The molecule has 146 valence electrons.